The summed E-state index contributed by atoms with van der Waals surface area (Å²) in [6.07, 6.45) is 1.23. The lowest BCUT2D eigenvalue weighted by atomic mass is 10.1. The number of hydrogen-bond acceptors (Lipinski definition) is 3. The molecule has 0 bridgehead atoms. The Morgan fingerprint density at radius 3 is 2.74 bits per heavy atom. The van der Waals surface area contributed by atoms with Crippen LogP contribution in [-0.2, 0) is 9.53 Å². The van der Waals surface area contributed by atoms with Crippen LogP contribution in [0, 0.1) is 5.82 Å². The monoisotopic (exact) mass is 332 g/mol. The molecule has 3 nitrogen and oxygen atoms in total. The van der Waals surface area contributed by atoms with Gasteiger partial charge in [0, 0.05) is 10.6 Å². The number of carbonyl (C=O) groups is 1. The number of rotatable bonds is 3. The molecule has 1 heterocycles. The molecule has 0 amide bonds. The minimum absolute atomic E-state index is 0.142. The van der Waals surface area contributed by atoms with Gasteiger partial charge in [-0.1, -0.05) is 23.7 Å². The Morgan fingerprint density at radius 1 is 1.26 bits per heavy atom. The predicted molar refractivity (Wildman–Crippen MR) is 85.8 cm³/mol. The van der Waals surface area contributed by atoms with Crippen LogP contribution in [-0.4, -0.2) is 12.6 Å². The molecular weight excluding hydrogens is 319 g/mol. The van der Waals surface area contributed by atoms with E-state index >= 15 is 0 Å². The fourth-order valence-electron chi connectivity index (χ4n) is 2.30. The summed E-state index contributed by atoms with van der Waals surface area (Å²) in [4.78, 5) is 12.3. The van der Waals surface area contributed by atoms with Crippen molar-refractivity contribution in [1.29, 1.82) is 0 Å². The van der Waals surface area contributed by atoms with E-state index in [1.807, 2.05) is 0 Å². The fourth-order valence-corrected chi connectivity index (χ4v) is 2.48. The van der Waals surface area contributed by atoms with E-state index < -0.39 is 12.1 Å². The summed E-state index contributed by atoms with van der Waals surface area (Å²) in [5.74, 6) is -0.117. The van der Waals surface area contributed by atoms with Gasteiger partial charge >= 0.3 is 5.97 Å². The van der Waals surface area contributed by atoms with Gasteiger partial charge in [-0.25, -0.2) is 9.18 Å². The molecule has 1 aliphatic rings. The maximum absolute atomic E-state index is 12.9. The second-order valence-corrected chi connectivity index (χ2v) is 5.68. The first kappa shape index (κ1) is 15.6. The molecule has 0 spiro atoms. The quantitative estimate of drug-likeness (QED) is 0.773. The van der Waals surface area contributed by atoms with Crippen LogP contribution >= 0.6 is 11.6 Å². The molecule has 3 rings (SSSR count). The molecule has 0 radical (unpaired) electrons. The highest BCUT2D eigenvalue weighted by Gasteiger charge is 2.21. The Morgan fingerprint density at radius 2 is 2.00 bits per heavy atom. The highest BCUT2D eigenvalue weighted by Crippen LogP contribution is 2.30. The minimum atomic E-state index is -0.482. The van der Waals surface area contributed by atoms with Crippen molar-refractivity contribution in [3.63, 3.8) is 0 Å². The lowest BCUT2D eigenvalue weighted by Gasteiger charge is -2.19. The predicted octanol–water partition coefficient (Wildman–Crippen LogP) is 4.56. The first-order valence-electron chi connectivity index (χ1n) is 7.12. The van der Waals surface area contributed by atoms with Crippen molar-refractivity contribution in [3.8, 4) is 5.75 Å². The van der Waals surface area contributed by atoms with Crippen molar-refractivity contribution >= 4 is 23.6 Å². The Labute approximate surface area is 138 Å². The second kappa shape index (κ2) is 6.42. The first-order valence-corrected chi connectivity index (χ1v) is 7.50. The number of hydrogen-bond donors (Lipinski definition) is 0. The second-order valence-electron chi connectivity index (χ2n) is 5.24. The average Bonchev–Trinajstić information content (AvgIpc) is 2.54. The van der Waals surface area contributed by atoms with Crippen molar-refractivity contribution in [2.45, 2.75) is 13.0 Å². The van der Waals surface area contributed by atoms with Gasteiger partial charge in [0.15, 0.2) is 0 Å². The maximum atomic E-state index is 12.9. The zero-order valence-corrected chi connectivity index (χ0v) is 13.1. The van der Waals surface area contributed by atoms with Gasteiger partial charge in [0.1, 0.15) is 24.3 Å². The van der Waals surface area contributed by atoms with E-state index in [1.165, 1.54) is 12.1 Å². The molecule has 2 aromatic carbocycles. The van der Waals surface area contributed by atoms with Gasteiger partial charge in [-0.2, -0.15) is 0 Å². The average molecular weight is 333 g/mol. The Bertz CT molecular complexity index is 768. The third kappa shape index (κ3) is 3.54. The molecule has 0 fully saturated rings. The van der Waals surface area contributed by atoms with Crippen molar-refractivity contribution in [3.05, 3.63) is 70.0 Å². The summed E-state index contributed by atoms with van der Waals surface area (Å²) in [7, 11) is 0. The maximum Gasteiger partial charge on any atom is 0.338 e. The van der Waals surface area contributed by atoms with Gasteiger partial charge in [0.05, 0.1) is 5.57 Å². The lowest BCUT2D eigenvalue weighted by Crippen LogP contribution is -2.18. The first-order chi connectivity index (χ1) is 11.0. The van der Waals surface area contributed by atoms with Crippen molar-refractivity contribution in [1.82, 2.24) is 0 Å². The molecule has 0 N–H and O–H groups in total. The zero-order chi connectivity index (χ0) is 16.4. The van der Waals surface area contributed by atoms with Gasteiger partial charge in [0.25, 0.3) is 0 Å². The van der Waals surface area contributed by atoms with E-state index in [1.54, 1.807) is 43.3 Å². The van der Waals surface area contributed by atoms with Crippen molar-refractivity contribution in [2.24, 2.45) is 0 Å². The minimum Gasteiger partial charge on any atom is -0.488 e. The van der Waals surface area contributed by atoms with Gasteiger partial charge < -0.3 is 9.47 Å². The molecule has 1 aliphatic heterocycles. The van der Waals surface area contributed by atoms with E-state index in [4.69, 9.17) is 21.1 Å². The molecule has 2 aromatic rings. The van der Waals surface area contributed by atoms with E-state index in [2.05, 4.69) is 0 Å². The third-order valence-electron chi connectivity index (χ3n) is 3.57. The van der Waals surface area contributed by atoms with Crippen LogP contribution in [0.2, 0.25) is 5.02 Å². The van der Waals surface area contributed by atoms with Gasteiger partial charge in [-0.3, -0.25) is 0 Å². The van der Waals surface area contributed by atoms with E-state index in [-0.39, 0.29) is 12.4 Å². The third-order valence-corrected chi connectivity index (χ3v) is 3.81. The largest absolute Gasteiger partial charge is 0.488 e. The normalized spacial score (nSPS) is 14.3. The SMILES string of the molecule is CC(OC(=O)C1=Cc2cc(Cl)ccc2OC1)c1ccc(F)cc1. The van der Waals surface area contributed by atoms with Crippen LogP contribution in [0.4, 0.5) is 4.39 Å². The summed E-state index contributed by atoms with van der Waals surface area (Å²) in [6, 6.07) is 11.1. The van der Waals surface area contributed by atoms with E-state index in [0.717, 1.165) is 11.1 Å². The molecular formula is C18H14ClFO3. The lowest BCUT2D eigenvalue weighted by molar-refractivity contribution is -0.144. The fraction of sp³-hybridized carbons (Fsp3) is 0.167. The summed E-state index contributed by atoms with van der Waals surface area (Å²) in [5, 5.41) is 0.567. The molecule has 0 aromatic heterocycles. The summed E-state index contributed by atoms with van der Waals surface area (Å²) in [6.45, 7) is 1.88. The van der Waals surface area contributed by atoms with Crippen LogP contribution in [0.3, 0.4) is 0 Å². The molecule has 1 unspecified atom stereocenters. The summed E-state index contributed by atoms with van der Waals surface area (Å²) >= 11 is 5.95. The van der Waals surface area contributed by atoms with Gasteiger partial charge in [-0.15, -0.1) is 0 Å². The number of ether oxygens (including phenoxy) is 2. The van der Waals surface area contributed by atoms with Crippen LogP contribution < -0.4 is 4.74 Å². The number of halogens is 2. The Kier molecular flexibility index (Phi) is 4.35. The molecule has 23 heavy (non-hydrogen) atoms. The zero-order valence-electron chi connectivity index (χ0n) is 12.4. The summed E-state index contributed by atoms with van der Waals surface area (Å²) < 4.78 is 23.9. The van der Waals surface area contributed by atoms with Crippen LogP contribution in [0.15, 0.2) is 48.0 Å². The summed E-state index contributed by atoms with van der Waals surface area (Å²) in [5.41, 5.74) is 1.87. The topological polar surface area (TPSA) is 35.5 Å². The molecule has 5 heteroatoms. The Hall–Kier alpha value is -2.33. The molecule has 1 atom stereocenters. The highest BCUT2D eigenvalue weighted by molar-refractivity contribution is 6.30. The molecule has 0 aliphatic carbocycles. The molecule has 0 saturated carbocycles. The highest BCUT2D eigenvalue weighted by atomic mass is 35.5. The van der Waals surface area contributed by atoms with Gasteiger partial charge in [0.2, 0.25) is 0 Å². The van der Waals surface area contributed by atoms with E-state index in [0.29, 0.717) is 16.3 Å². The number of fused-ring (bicyclic) bond motifs is 1. The van der Waals surface area contributed by atoms with Crippen LogP contribution in [0.5, 0.6) is 5.75 Å². The Balaban J connectivity index is 1.74. The van der Waals surface area contributed by atoms with Crippen molar-refractivity contribution < 1.29 is 18.7 Å². The molecule has 118 valence electrons. The van der Waals surface area contributed by atoms with Crippen LogP contribution in [0.1, 0.15) is 24.2 Å². The van der Waals surface area contributed by atoms with Crippen molar-refractivity contribution in [2.75, 3.05) is 6.61 Å². The van der Waals surface area contributed by atoms with Gasteiger partial charge in [-0.05, 0) is 48.9 Å². The number of esters is 1. The van der Waals surface area contributed by atoms with E-state index in [9.17, 15) is 9.18 Å². The smallest absolute Gasteiger partial charge is 0.338 e. The number of benzene rings is 2. The number of carbonyl (C=O) groups excluding carboxylic acids is 1. The molecule has 0 saturated heterocycles. The standard InChI is InChI=1S/C18H14ClFO3/c1-11(12-2-5-16(20)6-3-12)23-18(21)14-8-13-9-15(19)4-7-17(13)22-10-14/h2-9,11H,10H2,1H3. The van der Waals surface area contributed by atoms with Crippen LogP contribution in [0.25, 0.3) is 6.08 Å².